The van der Waals surface area contributed by atoms with Gasteiger partial charge in [0.05, 0.1) is 17.4 Å². The number of benzene rings is 1. The largest absolute Gasteiger partial charge is 0.573 e. The van der Waals surface area contributed by atoms with E-state index < -0.39 is 23.4 Å². The lowest BCUT2D eigenvalue weighted by atomic mass is 9.88. The van der Waals surface area contributed by atoms with Crippen LogP contribution in [0.3, 0.4) is 0 Å². The van der Waals surface area contributed by atoms with E-state index in [0.29, 0.717) is 12.8 Å². The first kappa shape index (κ1) is 22.7. The predicted molar refractivity (Wildman–Crippen MR) is 99.8 cm³/mol. The van der Waals surface area contributed by atoms with Crippen molar-refractivity contribution in [1.29, 1.82) is 5.26 Å². The molecule has 1 aromatic heterocycles. The summed E-state index contributed by atoms with van der Waals surface area (Å²) in [4.78, 5) is 28.8. The minimum Gasteiger partial charge on any atom is -0.439 e. The number of aromatic nitrogens is 1. The zero-order valence-corrected chi connectivity index (χ0v) is 16.4. The van der Waals surface area contributed by atoms with Crippen LogP contribution in [-0.2, 0) is 9.59 Å². The molecular weight excluding hydrogens is 403 g/mol. The van der Waals surface area contributed by atoms with Crippen LogP contribution in [0.25, 0.3) is 0 Å². The zero-order valence-electron chi connectivity index (χ0n) is 16.4. The molecule has 10 heteroatoms. The second-order valence-corrected chi connectivity index (χ2v) is 6.79. The van der Waals surface area contributed by atoms with Crippen molar-refractivity contribution in [3.8, 4) is 23.4 Å². The Labute approximate surface area is 170 Å². The Kier molecular flexibility index (Phi) is 6.66. The number of nitriles is 1. The second-order valence-electron chi connectivity index (χ2n) is 6.79. The molecule has 0 aliphatic rings. The number of carbonyl (C=O) groups excluding carboxylic acids is 2. The van der Waals surface area contributed by atoms with Crippen LogP contribution in [0, 0.1) is 16.7 Å². The highest BCUT2D eigenvalue weighted by Gasteiger charge is 2.33. The van der Waals surface area contributed by atoms with E-state index >= 15 is 0 Å². The van der Waals surface area contributed by atoms with Gasteiger partial charge in [-0.05, 0) is 24.6 Å². The Morgan fingerprint density at radius 1 is 1.27 bits per heavy atom. The van der Waals surface area contributed by atoms with Crippen molar-refractivity contribution < 1.29 is 32.2 Å². The number of imide groups is 1. The molecule has 0 N–H and O–H groups in total. The molecule has 7 nitrogen and oxygen atoms in total. The van der Waals surface area contributed by atoms with Crippen molar-refractivity contribution in [2.24, 2.45) is 5.41 Å². The number of anilines is 1. The lowest BCUT2D eigenvalue weighted by molar-refractivity contribution is -0.274. The predicted octanol–water partition coefficient (Wildman–Crippen LogP) is 4.57. The number of halogens is 3. The molecule has 0 bridgehead atoms. The van der Waals surface area contributed by atoms with Crippen LogP contribution in [0.5, 0.6) is 17.4 Å². The number of rotatable bonds is 7. The molecule has 0 saturated heterocycles. The summed E-state index contributed by atoms with van der Waals surface area (Å²) in [5.41, 5.74) is -0.862. The van der Waals surface area contributed by atoms with Gasteiger partial charge in [0, 0.05) is 17.5 Å². The van der Waals surface area contributed by atoms with Crippen molar-refractivity contribution in [3.63, 3.8) is 0 Å². The summed E-state index contributed by atoms with van der Waals surface area (Å²) in [5.74, 6) is -1.17. The summed E-state index contributed by atoms with van der Waals surface area (Å²) in [6.07, 6.45) is -2.84. The molecule has 1 heterocycles. The monoisotopic (exact) mass is 421 g/mol. The van der Waals surface area contributed by atoms with E-state index in [1.165, 1.54) is 24.4 Å². The van der Waals surface area contributed by atoms with Crippen LogP contribution in [0.4, 0.5) is 18.9 Å². The standard InChI is InChI=1S/C20H18F3N3O4/c1-4-19(2,3)18(28)26(12-27)14-6-8-17(25-11-14)29-15-7-5-13(10-24)16(9-15)30-20(21,22)23/h5-9,11-12H,4H2,1-3H3. The van der Waals surface area contributed by atoms with Gasteiger partial charge in [-0.1, -0.05) is 20.8 Å². The maximum absolute atomic E-state index is 12.5. The van der Waals surface area contributed by atoms with Gasteiger partial charge in [0.1, 0.15) is 11.8 Å². The SMILES string of the molecule is CCC(C)(C)C(=O)N(C=O)c1ccc(Oc2ccc(C#N)c(OC(F)(F)F)c2)nc1. The molecule has 0 unspecified atom stereocenters. The number of alkyl halides is 3. The van der Waals surface area contributed by atoms with E-state index in [2.05, 4.69) is 9.72 Å². The maximum Gasteiger partial charge on any atom is 0.573 e. The third kappa shape index (κ3) is 5.47. The van der Waals surface area contributed by atoms with Crippen LogP contribution in [0.15, 0.2) is 36.5 Å². The Morgan fingerprint density at radius 2 is 1.97 bits per heavy atom. The maximum atomic E-state index is 12.5. The van der Waals surface area contributed by atoms with Crippen molar-refractivity contribution in [3.05, 3.63) is 42.1 Å². The highest BCUT2D eigenvalue weighted by Crippen LogP contribution is 2.32. The minimum atomic E-state index is -4.97. The highest BCUT2D eigenvalue weighted by molar-refractivity contribution is 6.09. The van der Waals surface area contributed by atoms with E-state index in [1.807, 2.05) is 6.92 Å². The molecule has 0 radical (unpaired) electrons. The Bertz CT molecular complexity index is 967. The van der Waals surface area contributed by atoms with E-state index in [1.54, 1.807) is 19.9 Å². The fraction of sp³-hybridized carbons (Fsp3) is 0.300. The smallest absolute Gasteiger partial charge is 0.439 e. The first-order valence-electron chi connectivity index (χ1n) is 8.73. The minimum absolute atomic E-state index is 0.00512. The first-order valence-corrected chi connectivity index (χ1v) is 8.73. The first-order chi connectivity index (χ1) is 14.0. The van der Waals surface area contributed by atoms with Crippen molar-refractivity contribution >= 4 is 18.0 Å². The number of carbonyl (C=O) groups is 2. The van der Waals surface area contributed by atoms with Crippen LogP contribution >= 0.6 is 0 Å². The van der Waals surface area contributed by atoms with Gasteiger partial charge in [0.15, 0.2) is 5.75 Å². The van der Waals surface area contributed by atoms with E-state index in [9.17, 15) is 22.8 Å². The number of amides is 2. The molecule has 0 aliphatic heterocycles. The Morgan fingerprint density at radius 3 is 2.47 bits per heavy atom. The van der Waals surface area contributed by atoms with Gasteiger partial charge in [-0.15, -0.1) is 13.2 Å². The lowest BCUT2D eigenvalue weighted by Gasteiger charge is -2.26. The topological polar surface area (TPSA) is 92.5 Å². The van der Waals surface area contributed by atoms with Gasteiger partial charge < -0.3 is 9.47 Å². The molecular formula is C20H18F3N3O4. The molecule has 1 aromatic carbocycles. The van der Waals surface area contributed by atoms with Gasteiger partial charge in [0.2, 0.25) is 18.2 Å². The summed E-state index contributed by atoms with van der Waals surface area (Å²) in [6.45, 7) is 5.24. The average molecular weight is 421 g/mol. The lowest BCUT2D eigenvalue weighted by Crippen LogP contribution is -2.40. The summed E-state index contributed by atoms with van der Waals surface area (Å²) < 4.78 is 46.7. The quantitative estimate of drug-likeness (QED) is 0.608. The summed E-state index contributed by atoms with van der Waals surface area (Å²) in [5, 5.41) is 8.91. The molecule has 0 saturated carbocycles. The van der Waals surface area contributed by atoms with Crippen molar-refractivity contribution in [2.75, 3.05) is 4.90 Å². The summed E-state index contributed by atoms with van der Waals surface area (Å²) in [6, 6.07) is 7.66. The summed E-state index contributed by atoms with van der Waals surface area (Å²) >= 11 is 0. The molecule has 2 amide bonds. The fourth-order valence-corrected chi connectivity index (χ4v) is 2.27. The zero-order chi connectivity index (χ0) is 22.5. The van der Waals surface area contributed by atoms with Crippen LogP contribution < -0.4 is 14.4 Å². The number of pyridine rings is 1. The second kappa shape index (κ2) is 8.82. The molecule has 2 rings (SSSR count). The Hall–Kier alpha value is -3.61. The molecule has 30 heavy (non-hydrogen) atoms. The van der Waals surface area contributed by atoms with Gasteiger partial charge in [-0.2, -0.15) is 5.26 Å². The van der Waals surface area contributed by atoms with Crippen LogP contribution in [0.2, 0.25) is 0 Å². The fourth-order valence-electron chi connectivity index (χ4n) is 2.27. The number of nitrogens with zero attached hydrogens (tertiary/aromatic N) is 3. The van der Waals surface area contributed by atoms with E-state index in [-0.39, 0.29) is 22.9 Å². The molecule has 0 spiro atoms. The number of hydrogen-bond donors (Lipinski definition) is 0. The normalized spacial score (nSPS) is 11.4. The van der Waals surface area contributed by atoms with Crippen molar-refractivity contribution in [1.82, 2.24) is 4.98 Å². The molecule has 0 atom stereocenters. The third-order valence-electron chi connectivity index (χ3n) is 4.31. The van der Waals surface area contributed by atoms with Gasteiger partial charge in [0.25, 0.3) is 0 Å². The molecule has 158 valence electrons. The van der Waals surface area contributed by atoms with Gasteiger partial charge >= 0.3 is 6.36 Å². The molecule has 0 aliphatic carbocycles. The number of hydrogen-bond acceptors (Lipinski definition) is 6. The average Bonchev–Trinajstić information content (AvgIpc) is 2.68. The van der Waals surface area contributed by atoms with Crippen LogP contribution in [-0.4, -0.2) is 23.7 Å². The van der Waals surface area contributed by atoms with Gasteiger partial charge in [-0.25, -0.2) is 4.98 Å². The summed E-state index contributed by atoms with van der Waals surface area (Å²) in [7, 11) is 0. The van der Waals surface area contributed by atoms with E-state index in [4.69, 9.17) is 10.00 Å². The van der Waals surface area contributed by atoms with E-state index in [0.717, 1.165) is 17.0 Å². The third-order valence-corrected chi connectivity index (χ3v) is 4.31. The highest BCUT2D eigenvalue weighted by atomic mass is 19.4. The molecule has 0 fully saturated rings. The van der Waals surface area contributed by atoms with Crippen LogP contribution in [0.1, 0.15) is 32.8 Å². The number of ether oxygens (including phenoxy) is 2. The molecule has 2 aromatic rings. The van der Waals surface area contributed by atoms with Gasteiger partial charge in [-0.3, -0.25) is 14.5 Å². The Balaban J connectivity index is 2.24. The van der Waals surface area contributed by atoms with Crippen molar-refractivity contribution in [2.45, 2.75) is 33.6 Å².